The van der Waals surface area contributed by atoms with E-state index < -0.39 is 0 Å². The van der Waals surface area contributed by atoms with Crippen LogP contribution in [0.5, 0.6) is 0 Å². The molecule has 2 aromatic carbocycles. The molecule has 4 rings (SSSR count). The molecule has 26 heavy (non-hydrogen) atoms. The van der Waals surface area contributed by atoms with Crippen LogP contribution in [0.15, 0.2) is 59.8 Å². The van der Waals surface area contributed by atoms with E-state index in [2.05, 4.69) is 20.1 Å². The van der Waals surface area contributed by atoms with Crippen LogP contribution in [0.25, 0.3) is 0 Å². The largest absolute Gasteiger partial charge is 0.322 e. The summed E-state index contributed by atoms with van der Waals surface area (Å²) in [5, 5.41) is 12.4. The highest BCUT2D eigenvalue weighted by Crippen LogP contribution is 2.39. The normalized spacial score (nSPS) is 13.6. The molecular weight excluding hydrogens is 344 g/mol. The number of para-hydroxylation sites is 1. The Morgan fingerprint density at radius 1 is 1.12 bits per heavy atom. The van der Waals surface area contributed by atoms with Gasteiger partial charge in [-0.05, 0) is 42.7 Å². The third-order valence-corrected chi connectivity index (χ3v) is 5.52. The highest BCUT2D eigenvalue weighted by Gasteiger charge is 2.29. The first-order valence-corrected chi connectivity index (χ1v) is 9.66. The minimum atomic E-state index is -0.0993. The lowest BCUT2D eigenvalue weighted by Gasteiger charge is -2.06. The number of benzene rings is 2. The quantitative estimate of drug-likeness (QED) is 0.665. The summed E-state index contributed by atoms with van der Waals surface area (Å²) in [5.74, 6) is 2.40. The summed E-state index contributed by atoms with van der Waals surface area (Å²) in [6, 6.07) is 17.2. The number of carbonyl (C=O) groups excluding carboxylic acids is 1. The molecule has 0 radical (unpaired) electrons. The summed E-state index contributed by atoms with van der Waals surface area (Å²) in [6.07, 6.45) is 2.45. The SMILES string of the molecule is Cn1c(SCc2ccc(C(=O)Nc3ccccc3)cc2)nnc1C1CC1. The van der Waals surface area contributed by atoms with E-state index in [1.165, 1.54) is 12.8 Å². The Morgan fingerprint density at radius 2 is 1.85 bits per heavy atom. The molecule has 132 valence electrons. The van der Waals surface area contributed by atoms with Crippen LogP contribution in [0.3, 0.4) is 0 Å². The summed E-state index contributed by atoms with van der Waals surface area (Å²) in [6.45, 7) is 0. The van der Waals surface area contributed by atoms with E-state index in [1.54, 1.807) is 11.8 Å². The third kappa shape index (κ3) is 3.80. The lowest BCUT2D eigenvalue weighted by molar-refractivity contribution is 0.102. The predicted octanol–water partition coefficient (Wildman–Crippen LogP) is 4.24. The number of rotatable bonds is 6. The van der Waals surface area contributed by atoms with Crippen LogP contribution in [0.4, 0.5) is 5.69 Å². The van der Waals surface area contributed by atoms with Gasteiger partial charge in [0.2, 0.25) is 0 Å². The van der Waals surface area contributed by atoms with Crippen LogP contribution in [0.2, 0.25) is 0 Å². The number of aromatic nitrogens is 3. The molecule has 0 aliphatic heterocycles. The molecule has 1 aromatic heterocycles. The Balaban J connectivity index is 1.36. The standard InChI is InChI=1S/C20H20N4OS/c1-24-18(15-11-12-15)22-23-20(24)26-13-14-7-9-16(10-8-14)19(25)21-17-5-3-2-4-6-17/h2-10,15H,11-13H2,1H3,(H,21,25). The predicted molar refractivity (Wildman–Crippen MR) is 103 cm³/mol. The van der Waals surface area contributed by atoms with Crippen molar-refractivity contribution in [3.63, 3.8) is 0 Å². The number of anilines is 1. The minimum Gasteiger partial charge on any atom is -0.322 e. The molecule has 1 N–H and O–H groups in total. The van der Waals surface area contributed by atoms with Gasteiger partial charge in [-0.3, -0.25) is 4.79 Å². The summed E-state index contributed by atoms with van der Waals surface area (Å²) in [5.41, 5.74) is 2.60. The molecule has 6 heteroatoms. The van der Waals surface area contributed by atoms with Crippen LogP contribution in [-0.2, 0) is 12.8 Å². The second kappa shape index (κ2) is 7.33. The molecule has 0 spiro atoms. The van der Waals surface area contributed by atoms with Crippen molar-refractivity contribution < 1.29 is 4.79 Å². The highest BCUT2D eigenvalue weighted by molar-refractivity contribution is 7.98. The molecule has 0 bridgehead atoms. The molecule has 1 fully saturated rings. The van der Waals surface area contributed by atoms with Gasteiger partial charge in [-0.15, -0.1) is 10.2 Å². The number of hydrogen-bond acceptors (Lipinski definition) is 4. The second-order valence-electron chi connectivity index (χ2n) is 6.48. The number of amides is 1. The Hall–Kier alpha value is -2.60. The van der Waals surface area contributed by atoms with Gasteiger partial charge in [0.15, 0.2) is 5.16 Å². The maximum atomic E-state index is 12.3. The van der Waals surface area contributed by atoms with E-state index in [0.717, 1.165) is 28.0 Å². The molecule has 0 atom stereocenters. The van der Waals surface area contributed by atoms with E-state index >= 15 is 0 Å². The minimum absolute atomic E-state index is 0.0993. The monoisotopic (exact) mass is 364 g/mol. The number of carbonyl (C=O) groups is 1. The molecule has 1 amide bonds. The molecule has 0 unspecified atom stereocenters. The van der Waals surface area contributed by atoms with Gasteiger partial charge in [0.05, 0.1) is 0 Å². The van der Waals surface area contributed by atoms with Gasteiger partial charge in [-0.2, -0.15) is 0 Å². The number of nitrogens with one attached hydrogen (secondary N) is 1. The molecule has 1 heterocycles. The van der Waals surface area contributed by atoms with Gasteiger partial charge < -0.3 is 9.88 Å². The van der Waals surface area contributed by atoms with Crippen LogP contribution in [0, 0.1) is 0 Å². The van der Waals surface area contributed by atoms with Crippen LogP contribution >= 0.6 is 11.8 Å². The van der Waals surface area contributed by atoms with Gasteiger partial charge in [-0.25, -0.2) is 0 Å². The molecule has 5 nitrogen and oxygen atoms in total. The van der Waals surface area contributed by atoms with E-state index in [1.807, 2.05) is 61.6 Å². The number of nitrogens with zero attached hydrogens (tertiary/aromatic N) is 3. The van der Waals surface area contributed by atoms with E-state index in [9.17, 15) is 4.79 Å². The van der Waals surface area contributed by atoms with Crippen LogP contribution in [0.1, 0.15) is 40.5 Å². The fourth-order valence-electron chi connectivity index (χ4n) is 2.77. The van der Waals surface area contributed by atoms with Gasteiger partial charge in [0.1, 0.15) is 5.82 Å². The Morgan fingerprint density at radius 3 is 2.54 bits per heavy atom. The molecule has 1 aliphatic rings. The van der Waals surface area contributed by atoms with Crippen molar-refractivity contribution in [2.75, 3.05) is 5.32 Å². The van der Waals surface area contributed by atoms with Gasteiger partial charge in [0, 0.05) is 30.0 Å². The maximum Gasteiger partial charge on any atom is 0.255 e. The molecule has 0 saturated heterocycles. The number of hydrogen-bond donors (Lipinski definition) is 1. The fourth-order valence-corrected chi connectivity index (χ4v) is 3.65. The molecule has 1 saturated carbocycles. The first-order valence-electron chi connectivity index (χ1n) is 8.68. The zero-order valence-corrected chi connectivity index (χ0v) is 15.4. The summed E-state index contributed by atoms with van der Waals surface area (Å²) in [4.78, 5) is 12.3. The Bertz CT molecular complexity index is 901. The molecular formula is C20H20N4OS. The van der Waals surface area contributed by atoms with Crippen molar-refractivity contribution in [2.45, 2.75) is 29.7 Å². The lowest BCUT2D eigenvalue weighted by atomic mass is 10.1. The summed E-state index contributed by atoms with van der Waals surface area (Å²) in [7, 11) is 2.03. The van der Waals surface area contributed by atoms with E-state index in [4.69, 9.17) is 0 Å². The first kappa shape index (κ1) is 16.8. The molecule has 3 aromatic rings. The van der Waals surface area contributed by atoms with Crippen molar-refractivity contribution in [2.24, 2.45) is 7.05 Å². The lowest BCUT2D eigenvalue weighted by Crippen LogP contribution is -2.11. The second-order valence-corrected chi connectivity index (χ2v) is 7.42. The van der Waals surface area contributed by atoms with Crippen molar-refractivity contribution in [3.8, 4) is 0 Å². The maximum absolute atomic E-state index is 12.3. The third-order valence-electron chi connectivity index (χ3n) is 4.43. The zero-order valence-electron chi connectivity index (χ0n) is 14.6. The van der Waals surface area contributed by atoms with Crippen molar-refractivity contribution >= 4 is 23.4 Å². The zero-order chi connectivity index (χ0) is 17.9. The Labute approximate surface area is 156 Å². The van der Waals surface area contributed by atoms with E-state index in [-0.39, 0.29) is 5.91 Å². The van der Waals surface area contributed by atoms with Crippen LogP contribution in [-0.4, -0.2) is 20.7 Å². The van der Waals surface area contributed by atoms with Crippen molar-refractivity contribution in [3.05, 3.63) is 71.5 Å². The average Bonchev–Trinajstić information content (AvgIpc) is 3.44. The average molecular weight is 364 g/mol. The topological polar surface area (TPSA) is 59.8 Å². The van der Waals surface area contributed by atoms with Crippen LogP contribution < -0.4 is 5.32 Å². The van der Waals surface area contributed by atoms with Gasteiger partial charge >= 0.3 is 0 Å². The highest BCUT2D eigenvalue weighted by atomic mass is 32.2. The summed E-state index contributed by atoms with van der Waals surface area (Å²) >= 11 is 1.67. The van der Waals surface area contributed by atoms with Crippen molar-refractivity contribution in [1.82, 2.24) is 14.8 Å². The van der Waals surface area contributed by atoms with Gasteiger partial charge in [0.25, 0.3) is 5.91 Å². The number of thioether (sulfide) groups is 1. The van der Waals surface area contributed by atoms with Crippen molar-refractivity contribution in [1.29, 1.82) is 0 Å². The summed E-state index contributed by atoms with van der Waals surface area (Å²) < 4.78 is 2.10. The van der Waals surface area contributed by atoms with Gasteiger partial charge in [-0.1, -0.05) is 42.1 Å². The Kier molecular flexibility index (Phi) is 4.75. The first-order chi connectivity index (χ1) is 12.7. The fraction of sp³-hybridized carbons (Fsp3) is 0.250. The smallest absolute Gasteiger partial charge is 0.255 e. The van der Waals surface area contributed by atoms with E-state index in [0.29, 0.717) is 11.5 Å². The molecule has 1 aliphatic carbocycles.